The van der Waals surface area contributed by atoms with Crippen molar-refractivity contribution in [3.63, 3.8) is 0 Å². The summed E-state index contributed by atoms with van der Waals surface area (Å²) in [6, 6.07) is -0.961. The van der Waals surface area contributed by atoms with E-state index in [1.165, 1.54) is 9.80 Å². The van der Waals surface area contributed by atoms with E-state index in [9.17, 15) is 48.3 Å². The Kier molecular flexibility index (Phi) is 18.2. The number of aromatic nitrogens is 1. The molecule has 11 N–H and O–H groups in total. The fourth-order valence-corrected chi connectivity index (χ4v) is 8.31. The Bertz CT molecular complexity index is 2040. The van der Waals surface area contributed by atoms with Crippen LogP contribution in [0.1, 0.15) is 92.1 Å². The molecule has 1 aromatic heterocycles. The van der Waals surface area contributed by atoms with E-state index < -0.39 is 102 Å². The zero-order valence-corrected chi connectivity index (χ0v) is 37.6. The molecular formula is C44H66N10O10. The zero-order chi connectivity index (χ0) is 47.4. The lowest BCUT2D eigenvalue weighted by Crippen LogP contribution is -2.61. The molecule has 8 amide bonds. The number of likely N-dealkylation sites (tertiary alicyclic amines) is 2. The molecule has 0 bridgehead atoms. The summed E-state index contributed by atoms with van der Waals surface area (Å²) in [5.41, 5.74) is 12.6. The minimum absolute atomic E-state index is 0.0382. The molecule has 2 aliphatic rings. The molecule has 64 heavy (non-hydrogen) atoms. The molecule has 3 heterocycles. The Morgan fingerprint density at radius 3 is 1.95 bits per heavy atom. The van der Waals surface area contributed by atoms with Crippen LogP contribution in [-0.2, 0) is 49.6 Å². The fourth-order valence-electron chi connectivity index (χ4n) is 8.31. The predicted octanol–water partition coefficient (Wildman–Crippen LogP) is -0.217. The number of fused-ring (bicyclic) bond motifs is 1. The van der Waals surface area contributed by atoms with Crippen molar-refractivity contribution in [2.75, 3.05) is 19.6 Å². The van der Waals surface area contributed by atoms with Crippen LogP contribution >= 0.6 is 0 Å². The molecule has 0 spiro atoms. The van der Waals surface area contributed by atoms with Gasteiger partial charge in [0.15, 0.2) is 0 Å². The Balaban J connectivity index is 1.47. The highest BCUT2D eigenvalue weighted by molar-refractivity contribution is 5.99. The van der Waals surface area contributed by atoms with Crippen LogP contribution in [0.4, 0.5) is 0 Å². The van der Waals surface area contributed by atoms with Crippen molar-refractivity contribution in [3.05, 3.63) is 36.0 Å². The first-order valence-corrected chi connectivity index (χ1v) is 22.2. The smallest absolute Gasteiger partial charge is 0.326 e. The predicted molar refractivity (Wildman–Crippen MR) is 235 cm³/mol. The molecule has 352 valence electrons. The van der Waals surface area contributed by atoms with Gasteiger partial charge in [0.25, 0.3) is 0 Å². The van der Waals surface area contributed by atoms with Gasteiger partial charge in [0, 0.05) is 36.6 Å². The fraction of sp³-hybridized carbons (Fsp3) is 0.614. The topological polar surface area (TPSA) is 308 Å². The summed E-state index contributed by atoms with van der Waals surface area (Å²) >= 11 is 0. The third kappa shape index (κ3) is 13.0. The summed E-state index contributed by atoms with van der Waals surface area (Å²) in [5, 5.41) is 24.2. The van der Waals surface area contributed by atoms with Crippen LogP contribution in [0.15, 0.2) is 30.5 Å². The average molecular weight is 895 g/mol. The van der Waals surface area contributed by atoms with Gasteiger partial charge in [-0.2, -0.15) is 0 Å². The summed E-state index contributed by atoms with van der Waals surface area (Å²) < 4.78 is 0. The number of amides is 8. The number of carbonyl (C=O) groups excluding carboxylic acids is 8. The number of hydrogen-bond acceptors (Lipinski definition) is 10. The van der Waals surface area contributed by atoms with Crippen LogP contribution in [0, 0.1) is 17.8 Å². The van der Waals surface area contributed by atoms with E-state index in [1.54, 1.807) is 27.0 Å². The van der Waals surface area contributed by atoms with E-state index in [0.29, 0.717) is 37.8 Å². The minimum Gasteiger partial charge on any atom is -0.480 e. The van der Waals surface area contributed by atoms with Crippen LogP contribution in [0.2, 0.25) is 0 Å². The Labute approximate surface area is 373 Å². The molecule has 0 radical (unpaired) electrons. The lowest BCUT2D eigenvalue weighted by Gasteiger charge is -2.32. The van der Waals surface area contributed by atoms with Crippen molar-refractivity contribution in [2.45, 2.75) is 135 Å². The Hall–Kier alpha value is -6.05. The van der Waals surface area contributed by atoms with Crippen molar-refractivity contribution >= 4 is 64.1 Å². The highest BCUT2D eigenvalue weighted by Gasteiger charge is 2.41. The Morgan fingerprint density at radius 2 is 1.36 bits per heavy atom. The van der Waals surface area contributed by atoms with E-state index in [0.717, 1.165) is 10.9 Å². The maximum absolute atomic E-state index is 14.1. The van der Waals surface area contributed by atoms with E-state index in [1.807, 2.05) is 45.0 Å². The molecule has 20 heteroatoms. The number of carboxylic acid groups (broad SMARTS) is 1. The largest absolute Gasteiger partial charge is 0.480 e. The second-order valence-electron chi connectivity index (χ2n) is 17.6. The van der Waals surface area contributed by atoms with Crippen molar-refractivity contribution in [2.24, 2.45) is 29.2 Å². The molecular weight excluding hydrogens is 829 g/mol. The Morgan fingerprint density at radius 1 is 0.766 bits per heavy atom. The minimum atomic E-state index is -1.54. The maximum atomic E-state index is 14.1. The van der Waals surface area contributed by atoms with Crippen LogP contribution in [-0.4, -0.2) is 135 Å². The second kappa shape index (κ2) is 23.0. The number of carboxylic acids is 1. The van der Waals surface area contributed by atoms with Gasteiger partial charge < -0.3 is 57.9 Å². The van der Waals surface area contributed by atoms with E-state index in [4.69, 9.17) is 11.5 Å². The van der Waals surface area contributed by atoms with Gasteiger partial charge in [-0.15, -0.1) is 0 Å². The van der Waals surface area contributed by atoms with Crippen molar-refractivity contribution in [3.8, 4) is 0 Å². The van der Waals surface area contributed by atoms with Crippen LogP contribution in [0.25, 0.3) is 10.9 Å². The standard InChI is InChI=1S/C44H66N10O10/c1-7-25(6)37(52-40(59)32-14-10-16-53(32)35(56)21-45)42(61)51-36(24(4)5)41(60)48-29(18-23(2)3)38(57)49-30(20-34(46)55)43(62)54-17-11-15-33(54)39(58)50-31(44(63)64)19-26-22-47-28-13-9-8-12-27(26)28/h8-9,12-13,22-25,29-33,36-37,47H,7,10-11,14-21,45H2,1-6H3,(H2,46,55)(H,48,60)(H,49,57)(H,50,58)(H,51,61)(H,52,59)(H,63,64)/t25-,29-,30-,31-,32-,33-,36-,37-/m0/s1. The summed E-state index contributed by atoms with van der Waals surface area (Å²) in [6.45, 7) is 10.8. The van der Waals surface area contributed by atoms with Gasteiger partial charge in [-0.1, -0.05) is 66.2 Å². The number of aliphatic carboxylic acids is 1. The molecule has 0 aliphatic carbocycles. The number of nitrogens with one attached hydrogen (secondary N) is 6. The number of primary amides is 1. The number of nitrogens with two attached hydrogens (primary N) is 2. The number of hydrogen-bond donors (Lipinski definition) is 9. The maximum Gasteiger partial charge on any atom is 0.326 e. The van der Waals surface area contributed by atoms with Gasteiger partial charge in [0.2, 0.25) is 47.3 Å². The number of benzene rings is 1. The molecule has 2 fully saturated rings. The highest BCUT2D eigenvalue weighted by Crippen LogP contribution is 2.23. The summed E-state index contributed by atoms with van der Waals surface area (Å²) in [4.78, 5) is 126. The molecule has 0 saturated carbocycles. The molecule has 1 aromatic carbocycles. The van der Waals surface area contributed by atoms with Gasteiger partial charge in [-0.25, -0.2) is 4.79 Å². The third-order valence-corrected chi connectivity index (χ3v) is 12.0. The summed E-state index contributed by atoms with van der Waals surface area (Å²) in [5.74, 6) is -7.82. The first-order valence-electron chi connectivity index (χ1n) is 22.2. The summed E-state index contributed by atoms with van der Waals surface area (Å²) in [6.07, 6.45) is 3.15. The number of nitrogens with zero attached hydrogens (tertiary/aromatic N) is 2. The average Bonchev–Trinajstić information content (AvgIpc) is 4.03. The van der Waals surface area contributed by atoms with E-state index in [-0.39, 0.29) is 50.1 Å². The summed E-state index contributed by atoms with van der Waals surface area (Å²) in [7, 11) is 0. The number of aromatic amines is 1. The lowest BCUT2D eigenvalue weighted by atomic mass is 9.95. The van der Waals surface area contributed by atoms with E-state index >= 15 is 0 Å². The van der Waals surface area contributed by atoms with Gasteiger partial charge in [-0.05, 0) is 61.5 Å². The van der Waals surface area contributed by atoms with Crippen LogP contribution in [0.5, 0.6) is 0 Å². The van der Waals surface area contributed by atoms with E-state index in [2.05, 4.69) is 31.6 Å². The quantitative estimate of drug-likeness (QED) is 0.0745. The van der Waals surface area contributed by atoms with Gasteiger partial charge >= 0.3 is 5.97 Å². The molecule has 2 aliphatic heterocycles. The third-order valence-electron chi connectivity index (χ3n) is 12.0. The lowest BCUT2D eigenvalue weighted by molar-refractivity contribution is -0.145. The molecule has 2 aromatic rings. The van der Waals surface area contributed by atoms with Gasteiger partial charge in [0.1, 0.15) is 42.3 Å². The second-order valence-corrected chi connectivity index (χ2v) is 17.6. The number of rotatable bonds is 22. The number of carbonyl (C=O) groups is 9. The van der Waals surface area contributed by atoms with Crippen molar-refractivity contribution in [1.82, 2.24) is 41.4 Å². The SMILES string of the molecule is CC[C@H](C)[C@H](NC(=O)[C@@H]1CCCN1C(=O)CN)C(=O)N[C@H](C(=O)N[C@@H](CC(C)C)C(=O)N[C@@H](CC(N)=O)C(=O)N1CCC[C@H]1C(=O)N[C@@H](Cc1c[nH]c2ccccc12)C(=O)O)C(C)C. The first kappa shape index (κ1) is 50.6. The number of H-pyrrole nitrogens is 1. The molecule has 4 rings (SSSR count). The molecule has 8 atom stereocenters. The first-order chi connectivity index (χ1) is 30.3. The monoisotopic (exact) mass is 894 g/mol. The zero-order valence-electron chi connectivity index (χ0n) is 37.6. The molecule has 0 unspecified atom stereocenters. The van der Waals surface area contributed by atoms with Gasteiger partial charge in [0.05, 0.1) is 13.0 Å². The van der Waals surface area contributed by atoms with Crippen LogP contribution < -0.4 is 38.1 Å². The van der Waals surface area contributed by atoms with Gasteiger partial charge in [-0.3, -0.25) is 38.4 Å². The normalized spacial score (nSPS) is 19.0. The highest BCUT2D eigenvalue weighted by atomic mass is 16.4. The van der Waals surface area contributed by atoms with Crippen LogP contribution in [0.3, 0.4) is 0 Å². The van der Waals surface area contributed by atoms with Crippen molar-refractivity contribution in [1.29, 1.82) is 0 Å². The molecule has 2 saturated heterocycles. The molecule has 20 nitrogen and oxygen atoms in total. The van der Waals surface area contributed by atoms with Crippen molar-refractivity contribution < 1.29 is 48.3 Å². The number of para-hydroxylation sites is 1.